The Kier molecular flexibility index (Phi) is 6.40. The van der Waals surface area contributed by atoms with Crippen LogP contribution >= 0.6 is 27.3 Å². The van der Waals surface area contributed by atoms with Crippen molar-refractivity contribution in [3.8, 4) is 0 Å². The summed E-state index contributed by atoms with van der Waals surface area (Å²) in [6.45, 7) is 0.873. The summed E-state index contributed by atoms with van der Waals surface area (Å²) in [6.07, 6.45) is 7.02. The van der Waals surface area contributed by atoms with E-state index in [0.29, 0.717) is 30.1 Å². The van der Waals surface area contributed by atoms with Gasteiger partial charge in [-0.1, -0.05) is 19.3 Å². The summed E-state index contributed by atoms with van der Waals surface area (Å²) in [7, 11) is -3.42. The molecule has 3 rings (SSSR count). The normalized spacial score (nSPS) is 21.2. The molecule has 0 unspecified atom stereocenters. The summed E-state index contributed by atoms with van der Waals surface area (Å²) in [5, 5.41) is 6.06. The van der Waals surface area contributed by atoms with Gasteiger partial charge in [0.2, 0.25) is 0 Å². The second-order valence-electron chi connectivity index (χ2n) is 6.69. The Bertz CT molecular complexity index is 693. The number of amides is 2. The van der Waals surface area contributed by atoms with Gasteiger partial charge in [0.25, 0.3) is 10.0 Å². The summed E-state index contributed by atoms with van der Waals surface area (Å²) >= 11 is 4.53. The third-order valence-corrected chi connectivity index (χ3v) is 8.86. The number of piperidine rings is 1. The Labute approximate surface area is 161 Å². The Morgan fingerprint density at radius 2 is 1.64 bits per heavy atom. The molecule has 2 amide bonds. The molecule has 0 radical (unpaired) electrons. The molecule has 2 heterocycles. The van der Waals surface area contributed by atoms with Crippen molar-refractivity contribution in [3.63, 3.8) is 0 Å². The van der Waals surface area contributed by atoms with Crippen LogP contribution in [0.1, 0.15) is 44.9 Å². The number of hydrogen-bond acceptors (Lipinski definition) is 4. The third kappa shape index (κ3) is 4.96. The molecule has 1 saturated carbocycles. The van der Waals surface area contributed by atoms with Crippen molar-refractivity contribution >= 4 is 43.3 Å². The molecule has 140 valence electrons. The number of nitrogens with one attached hydrogen (secondary N) is 2. The van der Waals surface area contributed by atoms with Crippen molar-refractivity contribution in [2.24, 2.45) is 0 Å². The molecule has 1 aliphatic heterocycles. The molecule has 25 heavy (non-hydrogen) atoms. The van der Waals surface area contributed by atoms with Gasteiger partial charge >= 0.3 is 6.03 Å². The SMILES string of the molecule is O=C(NC1CCCCC1)NC1CCN(S(=O)(=O)c2ccc(Br)s2)CC1. The molecule has 2 N–H and O–H groups in total. The Hall–Kier alpha value is -0.640. The van der Waals surface area contributed by atoms with Crippen LogP contribution < -0.4 is 10.6 Å². The smallest absolute Gasteiger partial charge is 0.315 e. The second-order valence-corrected chi connectivity index (χ2v) is 11.3. The lowest BCUT2D eigenvalue weighted by atomic mass is 9.96. The lowest BCUT2D eigenvalue weighted by molar-refractivity contribution is 0.220. The van der Waals surface area contributed by atoms with Crippen LogP contribution in [0.15, 0.2) is 20.1 Å². The number of thiophene rings is 1. The van der Waals surface area contributed by atoms with Crippen molar-refractivity contribution in [3.05, 3.63) is 15.9 Å². The molecule has 6 nitrogen and oxygen atoms in total. The summed E-state index contributed by atoms with van der Waals surface area (Å²) in [6, 6.07) is 3.58. The molecule has 1 aliphatic carbocycles. The molecule has 2 aliphatic rings. The van der Waals surface area contributed by atoms with Gasteiger partial charge in [0.05, 0.1) is 3.79 Å². The first-order chi connectivity index (χ1) is 11.9. The van der Waals surface area contributed by atoms with Gasteiger partial charge in [-0.25, -0.2) is 13.2 Å². The fraction of sp³-hybridized carbons (Fsp3) is 0.688. The molecule has 0 spiro atoms. The maximum absolute atomic E-state index is 12.6. The summed E-state index contributed by atoms with van der Waals surface area (Å²) in [4.78, 5) is 12.1. The average molecular weight is 450 g/mol. The zero-order valence-electron chi connectivity index (χ0n) is 14.0. The minimum absolute atomic E-state index is 0.0325. The second kappa shape index (κ2) is 8.37. The van der Waals surface area contributed by atoms with Crippen LogP contribution in [0.25, 0.3) is 0 Å². The van der Waals surface area contributed by atoms with Crippen molar-refractivity contribution in [2.45, 2.75) is 61.2 Å². The van der Waals surface area contributed by atoms with Crippen LogP contribution in [-0.4, -0.2) is 43.9 Å². The molecule has 1 aromatic heterocycles. The van der Waals surface area contributed by atoms with E-state index in [0.717, 1.165) is 16.6 Å². The first-order valence-electron chi connectivity index (χ1n) is 8.77. The molecule has 9 heteroatoms. The van der Waals surface area contributed by atoms with E-state index in [9.17, 15) is 13.2 Å². The number of rotatable bonds is 4. The highest BCUT2D eigenvalue weighted by atomic mass is 79.9. The number of urea groups is 1. The number of carbonyl (C=O) groups is 1. The van der Waals surface area contributed by atoms with Crippen LogP contribution in [0.5, 0.6) is 0 Å². The van der Waals surface area contributed by atoms with Crippen molar-refractivity contribution in [2.75, 3.05) is 13.1 Å². The minimum atomic E-state index is -3.42. The van der Waals surface area contributed by atoms with Crippen LogP contribution in [0.3, 0.4) is 0 Å². The predicted molar refractivity (Wildman–Crippen MR) is 102 cm³/mol. The van der Waals surface area contributed by atoms with Gasteiger partial charge in [-0.15, -0.1) is 11.3 Å². The lowest BCUT2D eigenvalue weighted by Crippen LogP contribution is -2.51. The molecule has 2 fully saturated rings. The highest BCUT2D eigenvalue weighted by Gasteiger charge is 2.31. The number of halogens is 1. The van der Waals surface area contributed by atoms with E-state index in [1.54, 1.807) is 12.1 Å². The van der Waals surface area contributed by atoms with Crippen LogP contribution in [0, 0.1) is 0 Å². The summed E-state index contributed by atoms with van der Waals surface area (Å²) in [5.74, 6) is 0. The first kappa shape index (κ1) is 19.1. The molecule has 1 aromatic rings. The van der Waals surface area contributed by atoms with Gasteiger partial charge in [-0.05, 0) is 53.7 Å². The van der Waals surface area contributed by atoms with Crippen molar-refractivity contribution in [1.29, 1.82) is 0 Å². The quantitative estimate of drug-likeness (QED) is 0.739. The van der Waals surface area contributed by atoms with E-state index in [1.807, 2.05) is 0 Å². The highest BCUT2D eigenvalue weighted by Crippen LogP contribution is 2.29. The van der Waals surface area contributed by atoms with Gasteiger partial charge in [0.1, 0.15) is 4.21 Å². The van der Waals surface area contributed by atoms with Crippen LogP contribution in [-0.2, 0) is 10.0 Å². The van der Waals surface area contributed by atoms with Gasteiger partial charge in [-0.2, -0.15) is 4.31 Å². The Morgan fingerprint density at radius 1 is 1.04 bits per heavy atom. The number of carbonyl (C=O) groups excluding carboxylic acids is 1. The topological polar surface area (TPSA) is 78.5 Å². The molecule has 0 aromatic carbocycles. The van der Waals surface area contributed by atoms with E-state index >= 15 is 0 Å². The molecular formula is C16H24BrN3O3S2. The van der Waals surface area contributed by atoms with E-state index in [-0.39, 0.29) is 18.1 Å². The first-order valence-corrected chi connectivity index (χ1v) is 11.8. The van der Waals surface area contributed by atoms with Crippen LogP contribution in [0.4, 0.5) is 4.79 Å². The Morgan fingerprint density at radius 3 is 2.20 bits per heavy atom. The van der Waals surface area contributed by atoms with E-state index in [1.165, 1.54) is 34.9 Å². The minimum Gasteiger partial charge on any atom is -0.335 e. The van der Waals surface area contributed by atoms with E-state index < -0.39 is 10.0 Å². The van der Waals surface area contributed by atoms with E-state index in [4.69, 9.17) is 0 Å². The summed E-state index contributed by atoms with van der Waals surface area (Å²) < 4.78 is 27.9. The Balaban J connectivity index is 1.47. The third-order valence-electron chi connectivity index (χ3n) is 4.87. The molecular weight excluding hydrogens is 426 g/mol. The predicted octanol–water partition coefficient (Wildman–Crippen LogP) is 3.30. The molecule has 1 saturated heterocycles. The van der Waals surface area contributed by atoms with Crippen molar-refractivity contribution in [1.82, 2.24) is 14.9 Å². The van der Waals surface area contributed by atoms with Gasteiger partial charge in [-0.3, -0.25) is 0 Å². The lowest BCUT2D eigenvalue weighted by Gasteiger charge is -2.32. The maximum Gasteiger partial charge on any atom is 0.315 e. The zero-order valence-corrected chi connectivity index (χ0v) is 17.3. The van der Waals surface area contributed by atoms with Gasteiger partial charge in [0.15, 0.2) is 0 Å². The van der Waals surface area contributed by atoms with Crippen LogP contribution in [0.2, 0.25) is 0 Å². The van der Waals surface area contributed by atoms with Gasteiger partial charge < -0.3 is 10.6 Å². The largest absolute Gasteiger partial charge is 0.335 e. The average Bonchev–Trinajstić information content (AvgIpc) is 3.03. The standard InChI is InChI=1S/C16H24BrN3O3S2/c17-14-6-7-15(24-14)25(22,23)20-10-8-13(9-11-20)19-16(21)18-12-4-2-1-3-5-12/h6-7,12-13H,1-5,8-11H2,(H2,18,19,21). The van der Waals surface area contributed by atoms with E-state index in [2.05, 4.69) is 26.6 Å². The highest BCUT2D eigenvalue weighted by molar-refractivity contribution is 9.11. The number of sulfonamides is 1. The monoisotopic (exact) mass is 449 g/mol. The molecule has 0 atom stereocenters. The zero-order chi connectivity index (χ0) is 17.9. The number of hydrogen-bond donors (Lipinski definition) is 2. The maximum atomic E-state index is 12.6. The van der Waals surface area contributed by atoms with Gasteiger partial charge in [0, 0.05) is 25.2 Å². The summed E-state index contributed by atoms with van der Waals surface area (Å²) in [5.41, 5.74) is 0. The fourth-order valence-corrected chi connectivity index (χ4v) is 7.10. The fourth-order valence-electron chi connectivity index (χ4n) is 3.46. The number of nitrogens with zero attached hydrogens (tertiary/aromatic N) is 1. The van der Waals surface area contributed by atoms with Crippen molar-refractivity contribution < 1.29 is 13.2 Å². The molecule has 0 bridgehead atoms.